The predicted molar refractivity (Wildman–Crippen MR) is 66.2 cm³/mol. The van der Waals surface area contributed by atoms with E-state index < -0.39 is 0 Å². The molecule has 0 atom stereocenters. The van der Waals surface area contributed by atoms with Crippen LogP contribution in [-0.2, 0) is 4.79 Å². The van der Waals surface area contributed by atoms with E-state index in [4.69, 9.17) is 0 Å². The van der Waals surface area contributed by atoms with Gasteiger partial charge in [-0.1, -0.05) is 0 Å². The molecule has 0 aromatic carbocycles. The Morgan fingerprint density at radius 2 is 2.13 bits per heavy atom. The van der Waals surface area contributed by atoms with Crippen molar-refractivity contribution in [2.45, 2.75) is 43.9 Å². The summed E-state index contributed by atoms with van der Waals surface area (Å²) in [6, 6.07) is 0.695. The molecule has 15 heavy (non-hydrogen) atoms. The highest BCUT2D eigenvalue weighted by Gasteiger charge is 2.20. The molecule has 1 saturated carbocycles. The van der Waals surface area contributed by atoms with E-state index in [1.165, 1.54) is 12.8 Å². The van der Waals surface area contributed by atoms with Crippen molar-refractivity contribution in [2.24, 2.45) is 0 Å². The van der Waals surface area contributed by atoms with Crippen molar-refractivity contribution >= 4 is 17.7 Å². The fraction of sp³-hybridized carbons (Fsp3) is 0.909. The van der Waals surface area contributed by atoms with Gasteiger partial charge in [-0.15, -0.1) is 0 Å². The van der Waals surface area contributed by atoms with Gasteiger partial charge < -0.3 is 10.6 Å². The number of amides is 1. The molecular formula is C11H22N2OS. The molecule has 0 saturated heterocycles. The van der Waals surface area contributed by atoms with Crippen LogP contribution in [0.2, 0.25) is 0 Å². The summed E-state index contributed by atoms with van der Waals surface area (Å²) in [4.78, 5) is 11.4. The van der Waals surface area contributed by atoms with Crippen molar-refractivity contribution in [1.82, 2.24) is 10.6 Å². The zero-order valence-electron chi connectivity index (χ0n) is 9.93. The van der Waals surface area contributed by atoms with E-state index in [0.717, 1.165) is 13.1 Å². The smallest absolute Gasteiger partial charge is 0.221 e. The fourth-order valence-electron chi connectivity index (χ4n) is 1.15. The van der Waals surface area contributed by atoms with Crippen LogP contribution in [0.1, 0.15) is 33.1 Å². The maximum atomic E-state index is 11.4. The summed E-state index contributed by atoms with van der Waals surface area (Å²) >= 11 is 1.78. The largest absolute Gasteiger partial charge is 0.355 e. The zero-order valence-corrected chi connectivity index (χ0v) is 10.7. The molecular weight excluding hydrogens is 208 g/mol. The number of rotatable bonds is 7. The van der Waals surface area contributed by atoms with E-state index in [9.17, 15) is 4.79 Å². The first-order valence-corrected chi connectivity index (χ1v) is 6.81. The van der Waals surface area contributed by atoms with Crippen LogP contribution in [0.3, 0.4) is 0 Å². The molecule has 1 aliphatic rings. The van der Waals surface area contributed by atoms with Crippen LogP contribution in [-0.4, -0.2) is 36.0 Å². The molecule has 0 heterocycles. The van der Waals surface area contributed by atoms with E-state index >= 15 is 0 Å². The summed E-state index contributed by atoms with van der Waals surface area (Å²) in [7, 11) is 0. The van der Waals surface area contributed by atoms with E-state index in [2.05, 4.69) is 30.7 Å². The Labute approximate surface area is 96.8 Å². The Balaban J connectivity index is 2.01. The molecule has 1 amide bonds. The Morgan fingerprint density at radius 3 is 2.67 bits per heavy atom. The average Bonchev–Trinajstić information content (AvgIpc) is 2.99. The van der Waals surface area contributed by atoms with Gasteiger partial charge in [0.15, 0.2) is 0 Å². The highest BCUT2D eigenvalue weighted by atomic mass is 32.2. The van der Waals surface area contributed by atoms with Gasteiger partial charge in [0.1, 0.15) is 0 Å². The highest BCUT2D eigenvalue weighted by Crippen LogP contribution is 2.19. The van der Waals surface area contributed by atoms with Crippen LogP contribution in [0.4, 0.5) is 0 Å². The summed E-state index contributed by atoms with van der Waals surface area (Å²) in [5.74, 6) is 0.158. The first kappa shape index (κ1) is 12.8. The topological polar surface area (TPSA) is 41.1 Å². The Morgan fingerprint density at radius 1 is 1.47 bits per heavy atom. The van der Waals surface area contributed by atoms with E-state index in [1.54, 1.807) is 11.8 Å². The number of carbonyl (C=O) groups excluding carboxylic acids is 1. The van der Waals surface area contributed by atoms with Crippen molar-refractivity contribution in [3.05, 3.63) is 0 Å². The van der Waals surface area contributed by atoms with Crippen molar-refractivity contribution in [2.75, 3.05) is 19.3 Å². The van der Waals surface area contributed by atoms with Gasteiger partial charge in [-0.05, 0) is 32.9 Å². The van der Waals surface area contributed by atoms with E-state index in [1.807, 2.05) is 0 Å². The van der Waals surface area contributed by atoms with Crippen LogP contribution in [0, 0.1) is 0 Å². The third-order valence-electron chi connectivity index (χ3n) is 2.63. The lowest BCUT2D eigenvalue weighted by Gasteiger charge is -2.22. The second kappa shape index (κ2) is 5.75. The molecule has 3 nitrogen and oxygen atoms in total. The molecule has 1 fully saturated rings. The van der Waals surface area contributed by atoms with Crippen LogP contribution < -0.4 is 10.6 Å². The fourth-order valence-corrected chi connectivity index (χ4v) is 1.37. The normalized spacial score (nSPS) is 16.5. The molecule has 1 rings (SSSR count). The molecule has 0 spiro atoms. The first-order chi connectivity index (χ1) is 7.03. The van der Waals surface area contributed by atoms with Crippen molar-refractivity contribution in [1.29, 1.82) is 0 Å². The minimum Gasteiger partial charge on any atom is -0.355 e. The number of carbonyl (C=O) groups is 1. The summed E-state index contributed by atoms with van der Waals surface area (Å²) in [5, 5.41) is 6.30. The minimum absolute atomic E-state index is 0.138. The standard InChI is InChI=1S/C11H22N2OS/c1-11(2,15-3)8-13-10(14)6-7-12-9-4-5-9/h9,12H,4-8H2,1-3H3,(H,13,14). The Kier molecular flexibility index (Phi) is 4.93. The zero-order chi connectivity index (χ0) is 11.3. The maximum absolute atomic E-state index is 11.4. The van der Waals surface area contributed by atoms with Gasteiger partial charge in [0, 0.05) is 30.3 Å². The lowest BCUT2D eigenvalue weighted by Crippen LogP contribution is -2.37. The van der Waals surface area contributed by atoms with Crippen LogP contribution in [0.5, 0.6) is 0 Å². The predicted octanol–water partition coefficient (Wildman–Crippen LogP) is 1.39. The third kappa shape index (κ3) is 6.05. The molecule has 4 heteroatoms. The summed E-state index contributed by atoms with van der Waals surface area (Å²) in [5.41, 5.74) is 0. The quantitative estimate of drug-likeness (QED) is 0.694. The first-order valence-electron chi connectivity index (χ1n) is 5.59. The highest BCUT2D eigenvalue weighted by molar-refractivity contribution is 7.99. The molecule has 0 bridgehead atoms. The molecule has 2 N–H and O–H groups in total. The van der Waals surface area contributed by atoms with Gasteiger partial charge in [-0.3, -0.25) is 4.79 Å². The Bertz CT molecular complexity index is 215. The second-order valence-electron chi connectivity index (χ2n) is 4.72. The SMILES string of the molecule is CSC(C)(C)CNC(=O)CCNC1CC1. The lowest BCUT2D eigenvalue weighted by molar-refractivity contribution is -0.121. The average molecular weight is 230 g/mol. The monoisotopic (exact) mass is 230 g/mol. The number of nitrogens with one attached hydrogen (secondary N) is 2. The molecule has 0 unspecified atom stereocenters. The number of hydrogen-bond acceptors (Lipinski definition) is 3. The number of hydrogen-bond donors (Lipinski definition) is 2. The van der Waals surface area contributed by atoms with Gasteiger partial charge in [0.2, 0.25) is 5.91 Å². The van der Waals surface area contributed by atoms with Crippen molar-refractivity contribution in [3.63, 3.8) is 0 Å². The molecule has 0 aromatic rings. The van der Waals surface area contributed by atoms with Crippen LogP contribution >= 0.6 is 11.8 Å². The lowest BCUT2D eigenvalue weighted by atomic mass is 10.2. The van der Waals surface area contributed by atoms with Gasteiger partial charge in [0.05, 0.1) is 0 Å². The van der Waals surface area contributed by atoms with Gasteiger partial charge >= 0.3 is 0 Å². The van der Waals surface area contributed by atoms with Crippen molar-refractivity contribution in [3.8, 4) is 0 Å². The number of thioether (sulfide) groups is 1. The Hall–Kier alpha value is -0.220. The molecule has 0 radical (unpaired) electrons. The third-order valence-corrected chi connectivity index (χ3v) is 3.88. The van der Waals surface area contributed by atoms with Crippen LogP contribution in [0.15, 0.2) is 0 Å². The summed E-state index contributed by atoms with van der Waals surface area (Å²) in [6.45, 7) is 5.84. The minimum atomic E-state index is 0.138. The molecule has 0 aliphatic heterocycles. The van der Waals surface area contributed by atoms with Crippen LogP contribution in [0.25, 0.3) is 0 Å². The van der Waals surface area contributed by atoms with E-state index in [-0.39, 0.29) is 10.7 Å². The summed E-state index contributed by atoms with van der Waals surface area (Å²) < 4.78 is 0.138. The van der Waals surface area contributed by atoms with Crippen molar-refractivity contribution < 1.29 is 4.79 Å². The molecule has 1 aliphatic carbocycles. The summed E-state index contributed by atoms with van der Waals surface area (Å²) in [6.07, 6.45) is 5.23. The molecule has 0 aromatic heterocycles. The maximum Gasteiger partial charge on any atom is 0.221 e. The second-order valence-corrected chi connectivity index (χ2v) is 6.23. The van der Waals surface area contributed by atoms with Gasteiger partial charge in [-0.25, -0.2) is 0 Å². The van der Waals surface area contributed by atoms with Gasteiger partial charge in [0.25, 0.3) is 0 Å². The van der Waals surface area contributed by atoms with Gasteiger partial charge in [-0.2, -0.15) is 11.8 Å². The van der Waals surface area contributed by atoms with E-state index in [0.29, 0.717) is 12.5 Å². The molecule has 88 valence electrons.